The van der Waals surface area contributed by atoms with Crippen molar-refractivity contribution in [3.63, 3.8) is 0 Å². The van der Waals surface area contributed by atoms with Gasteiger partial charge in [-0.25, -0.2) is 4.98 Å². The number of rotatable bonds is 3. The summed E-state index contributed by atoms with van der Waals surface area (Å²) in [5.74, 6) is 1.39. The summed E-state index contributed by atoms with van der Waals surface area (Å²) < 4.78 is 5.56. The molecule has 0 aliphatic carbocycles. The topological polar surface area (TPSA) is 38.1 Å². The maximum Gasteiger partial charge on any atom is 0.294 e. The van der Waals surface area contributed by atoms with Crippen LogP contribution < -0.4 is 5.32 Å². The molecule has 0 amide bonds. The Balaban J connectivity index is 0.00000103. The lowest BCUT2D eigenvalue weighted by Crippen LogP contribution is -1.85. The Labute approximate surface area is 115 Å². The molecule has 2 aromatic rings. The average molecular weight is 268 g/mol. The molecule has 2 heterocycles. The number of aromatic nitrogens is 1. The zero-order chi connectivity index (χ0) is 13.7. The fourth-order valence-electron chi connectivity index (χ4n) is 1.69. The molecule has 0 atom stereocenters. The average Bonchev–Trinajstić information content (AvgIpc) is 2.97. The molecule has 18 heavy (non-hydrogen) atoms. The van der Waals surface area contributed by atoms with E-state index in [-0.39, 0.29) is 1.43 Å². The Bertz CT molecular complexity index is 491. The van der Waals surface area contributed by atoms with Crippen LogP contribution >= 0.6 is 11.3 Å². The first kappa shape index (κ1) is 14.8. The normalized spacial score (nSPS) is 10.2. The lowest BCUT2D eigenvalue weighted by Gasteiger charge is -2.01. The highest BCUT2D eigenvalue weighted by molar-refractivity contribution is 7.15. The predicted octanol–water partition coefficient (Wildman–Crippen LogP) is 5.15. The second-order valence-corrected chi connectivity index (χ2v) is 5.31. The molecule has 0 aromatic carbocycles. The molecule has 0 fully saturated rings. The summed E-state index contributed by atoms with van der Waals surface area (Å²) in [5.41, 5.74) is 1.39. The number of anilines is 1. The van der Waals surface area contributed by atoms with Gasteiger partial charge in [-0.3, -0.25) is 0 Å². The minimum absolute atomic E-state index is 0. The van der Waals surface area contributed by atoms with E-state index in [0.29, 0.717) is 11.9 Å². The van der Waals surface area contributed by atoms with Crippen molar-refractivity contribution in [2.24, 2.45) is 0 Å². The van der Waals surface area contributed by atoms with Crippen LogP contribution in [-0.2, 0) is 0 Å². The summed E-state index contributed by atoms with van der Waals surface area (Å²) in [6, 6.07) is 2.76. The highest BCUT2D eigenvalue weighted by atomic mass is 32.1. The van der Waals surface area contributed by atoms with Gasteiger partial charge in [0.05, 0.1) is 11.1 Å². The number of oxazole rings is 1. The molecule has 3 nitrogen and oxygen atoms in total. The van der Waals surface area contributed by atoms with E-state index in [0.717, 1.165) is 10.6 Å². The monoisotopic (exact) mass is 268 g/mol. The summed E-state index contributed by atoms with van der Waals surface area (Å²) in [5, 5.41) is 2.89. The van der Waals surface area contributed by atoms with E-state index in [9.17, 15) is 0 Å². The molecule has 0 aliphatic heterocycles. The van der Waals surface area contributed by atoms with Crippen LogP contribution in [0.4, 0.5) is 6.01 Å². The van der Waals surface area contributed by atoms with Crippen LogP contribution in [-0.4, -0.2) is 12.0 Å². The van der Waals surface area contributed by atoms with E-state index < -0.39 is 0 Å². The molecule has 1 N–H and O–H groups in total. The molecule has 4 heteroatoms. The zero-order valence-electron chi connectivity index (χ0n) is 12.0. The highest BCUT2D eigenvalue weighted by Gasteiger charge is 2.13. The molecule has 0 bridgehead atoms. The van der Waals surface area contributed by atoms with Crippen molar-refractivity contribution < 1.29 is 5.84 Å². The van der Waals surface area contributed by atoms with E-state index in [1.54, 1.807) is 24.6 Å². The molecule has 0 spiro atoms. The fraction of sp³-hybridized carbons (Fsp3) is 0.500. The highest BCUT2D eigenvalue weighted by Crippen LogP contribution is 2.35. The Morgan fingerprint density at radius 3 is 2.50 bits per heavy atom. The molecule has 0 saturated heterocycles. The Morgan fingerprint density at radius 2 is 2.06 bits per heavy atom. The lowest BCUT2D eigenvalue weighted by molar-refractivity contribution is 0.591. The first-order valence-electron chi connectivity index (χ1n) is 6.36. The van der Waals surface area contributed by atoms with Gasteiger partial charge in [0.2, 0.25) is 0 Å². The van der Waals surface area contributed by atoms with E-state index >= 15 is 0 Å². The Kier molecular flexibility index (Phi) is 5.41. The van der Waals surface area contributed by atoms with Crippen molar-refractivity contribution in [2.45, 2.75) is 40.5 Å². The molecule has 0 aliphatic rings. The first-order chi connectivity index (χ1) is 8.61. The minimum atomic E-state index is 0. The van der Waals surface area contributed by atoms with Gasteiger partial charge in [0.15, 0.2) is 5.76 Å². The van der Waals surface area contributed by atoms with Gasteiger partial charge in [0, 0.05) is 13.4 Å². The number of thiophene rings is 1. The molecule has 0 saturated carbocycles. The zero-order valence-corrected chi connectivity index (χ0v) is 12.8. The first-order valence-corrected chi connectivity index (χ1v) is 7.17. The van der Waals surface area contributed by atoms with Gasteiger partial charge < -0.3 is 9.73 Å². The number of hydrogen-bond donors (Lipinski definition) is 1. The van der Waals surface area contributed by atoms with Crippen molar-refractivity contribution in [2.75, 3.05) is 12.4 Å². The van der Waals surface area contributed by atoms with Crippen molar-refractivity contribution in [3.05, 3.63) is 22.7 Å². The quantitative estimate of drug-likeness (QED) is 0.836. The third-order valence-electron chi connectivity index (χ3n) is 2.54. The van der Waals surface area contributed by atoms with E-state index in [2.05, 4.69) is 37.1 Å². The van der Waals surface area contributed by atoms with E-state index in [4.69, 9.17) is 4.42 Å². The summed E-state index contributed by atoms with van der Waals surface area (Å²) >= 11 is 1.76. The van der Waals surface area contributed by atoms with Crippen LogP contribution in [0.3, 0.4) is 0 Å². The van der Waals surface area contributed by atoms with Gasteiger partial charge in [-0.15, -0.1) is 11.3 Å². The third kappa shape index (κ3) is 3.13. The molecule has 0 unspecified atom stereocenters. The number of nitrogens with one attached hydrogen (secondary N) is 1. The molecular formula is C14H24N2OS. The summed E-state index contributed by atoms with van der Waals surface area (Å²) in [6.45, 7) is 10.6. The Hall–Kier alpha value is -1.29. The van der Waals surface area contributed by atoms with Crippen molar-refractivity contribution in [3.8, 4) is 10.6 Å². The third-order valence-corrected chi connectivity index (χ3v) is 3.62. The van der Waals surface area contributed by atoms with Gasteiger partial charge in [0.25, 0.3) is 6.01 Å². The molecular weight excluding hydrogens is 244 g/mol. The van der Waals surface area contributed by atoms with E-state index in [1.807, 2.05) is 13.8 Å². The van der Waals surface area contributed by atoms with Gasteiger partial charge in [-0.1, -0.05) is 27.7 Å². The molecule has 0 radical (unpaired) electrons. The summed E-state index contributed by atoms with van der Waals surface area (Å²) in [4.78, 5) is 6.63. The van der Waals surface area contributed by atoms with Crippen LogP contribution in [0.25, 0.3) is 10.6 Å². The second-order valence-electron chi connectivity index (χ2n) is 4.06. The molecule has 102 valence electrons. The van der Waals surface area contributed by atoms with Crippen LogP contribution in [0.2, 0.25) is 0 Å². The predicted molar refractivity (Wildman–Crippen MR) is 81.7 cm³/mol. The summed E-state index contributed by atoms with van der Waals surface area (Å²) in [7, 11) is 1.80. The smallest absolute Gasteiger partial charge is 0.294 e. The van der Waals surface area contributed by atoms with Crippen molar-refractivity contribution >= 4 is 17.4 Å². The maximum absolute atomic E-state index is 5.56. The maximum atomic E-state index is 5.56. The largest absolute Gasteiger partial charge is 0.423 e. The van der Waals surface area contributed by atoms with Gasteiger partial charge in [0.1, 0.15) is 0 Å². The fourth-order valence-corrected chi connectivity index (χ4v) is 2.82. The van der Waals surface area contributed by atoms with Crippen LogP contribution in [0.1, 0.15) is 45.5 Å². The number of aryl methyl sites for hydroxylation is 1. The summed E-state index contributed by atoms with van der Waals surface area (Å²) in [6.07, 6.45) is 1.77. The number of nitrogens with zero attached hydrogens (tertiary/aromatic N) is 1. The van der Waals surface area contributed by atoms with Gasteiger partial charge in [-0.2, -0.15) is 0 Å². The van der Waals surface area contributed by atoms with Gasteiger partial charge in [-0.05, 0) is 24.5 Å². The Morgan fingerprint density at radius 1 is 1.39 bits per heavy atom. The lowest BCUT2D eigenvalue weighted by atomic mass is 10.0. The standard InChI is InChI=1S/C12H16N2OS.C2H6.H2/c1-7(2)9-5-11(16-8(9)3)10-6-14-12(13-4)15-10;1-2;/h5-7H,1-4H3,(H,13,14);1-2H3;1H. The van der Waals surface area contributed by atoms with Crippen molar-refractivity contribution in [1.29, 1.82) is 0 Å². The van der Waals surface area contributed by atoms with Crippen LogP contribution in [0, 0.1) is 6.92 Å². The number of hydrogen-bond acceptors (Lipinski definition) is 4. The van der Waals surface area contributed by atoms with Crippen LogP contribution in [0.5, 0.6) is 0 Å². The van der Waals surface area contributed by atoms with E-state index in [1.165, 1.54) is 10.4 Å². The second kappa shape index (κ2) is 6.59. The van der Waals surface area contributed by atoms with Gasteiger partial charge >= 0.3 is 0 Å². The van der Waals surface area contributed by atoms with Crippen molar-refractivity contribution in [1.82, 2.24) is 4.98 Å². The minimum Gasteiger partial charge on any atom is -0.423 e. The SMILES string of the molecule is CC.CNc1ncc(-c2cc(C(C)C)c(C)s2)o1.[HH]. The molecule has 2 rings (SSSR count). The molecule has 2 aromatic heterocycles. The van der Waals surface area contributed by atoms with Crippen LogP contribution in [0.15, 0.2) is 16.7 Å².